The highest BCUT2D eigenvalue weighted by Crippen LogP contribution is 2.49. The van der Waals surface area contributed by atoms with Gasteiger partial charge in [-0.1, -0.05) is 38.1 Å². The van der Waals surface area contributed by atoms with Crippen LogP contribution < -0.4 is 0 Å². The van der Waals surface area contributed by atoms with Crippen molar-refractivity contribution in [2.45, 2.75) is 63.8 Å². The zero-order valence-electron chi connectivity index (χ0n) is 11.9. The fourth-order valence-electron chi connectivity index (χ4n) is 4.02. The predicted octanol–water partition coefficient (Wildman–Crippen LogP) is 3.41. The van der Waals surface area contributed by atoms with Crippen LogP contribution in [0.15, 0.2) is 24.3 Å². The Balaban J connectivity index is 2.03. The fraction of sp³-hybridized carbons (Fsp3) is 0.647. The Kier molecular flexibility index (Phi) is 3.40. The Labute approximate surface area is 115 Å². The van der Waals surface area contributed by atoms with Gasteiger partial charge in [0.15, 0.2) is 0 Å². The van der Waals surface area contributed by atoms with Crippen molar-refractivity contribution in [3.63, 3.8) is 0 Å². The van der Waals surface area contributed by atoms with Gasteiger partial charge in [-0.15, -0.1) is 0 Å². The number of aliphatic hydroxyl groups is 1. The lowest BCUT2D eigenvalue weighted by Crippen LogP contribution is -2.53. The number of ether oxygens (including phenoxy) is 1. The monoisotopic (exact) mass is 260 g/mol. The number of hydrogen-bond acceptors (Lipinski definition) is 2. The maximum absolute atomic E-state index is 11.4. The lowest BCUT2D eigenvalue weighted by Gasteiger charge is -2.51. The minimum absolute atomic E-state index is 0.192. The smallest absolute Gasteiger partial charge is 0.0976 e. The summed E-state index contributed by atoms with van der Waals surface area (Å²) >= 11 is 0. The van der Waals surface area contributed by atoms with E-state index < -0.39 is 5.60 Å². The van der Waals surface area contributed by atoms with Crippen molar-refractivity contribution in [1.82, 2.24) is 0 Å². The van der Waals surface area contributed by atoms with Crippen molar-refractivity contribution in [3.8, 4) is 0 Å². The van der Waals surface area contributed by atoms with Crippen molar-refractivity contribution in [3.05, 3.63) is 35.4 Å². The topological polar surface area (TPSA) is 29.5 Å². The first kappa shape index (κ1) is 13.1. The summed E-state index contributed by atoms with van der Waals surface area (Å²) in [5.74, 6) is 0.259. The predicted molar refractivity (Wildman–Crippen MR) is 76.0 cm³/mol. The van der Waals surface area contributed by atoms with E-state index in [9.17, 15) is 5.11 Å². The molecule has 1 N–H and O–H groups in total. The molecule has 1 aliphatic heterocycles. The molecule has 0 spiro atoms. The van der Waals surface area contributed by atoms with Crippen molar-refractivity contribution in [1.29, 1.82) is 0 Å². The fourth-order valence-corrected chi connectivity index (χ4v) is 4.02. The average molecular weight is 260 g/mol. The molecule has 0 radical (unpaired) electrons. The van der Waals surface area contributed by atoms with E-state index in [0.29, 0.717) is 0 Å². The quantitative estimate of drug-likeness (QED) is 0.883. The minimum Gasteiger partial charge on any atom is -0.385 e. The van der Waals surface area contributed by atoms with E-state index in [0.717, 1.165) is 37.7 Å². The zero-order chi connectivity index (χ0) is 13.5. The summed E-state index contributed by atoms with van der Waals surface area (Å²) in [6.45, 7) is 4.32. The molecule has 0 amide bonds. The van der Waals surface area contributed by atoms with E-state index in [2.05, 4.69) is 38.1 Å². The van der Waals surface area contributed by atoms with E-state index in [1.54, 1.807) is 0 Å². The van der Waals surface area contributed by atoms with Gasteiger partial charge in [0.25, 0.3) is 0 Å². The maximum atomic E-state index is 11.4. The largest absolute Gasteiger partial charge is 0.385 e. The lowest BCUT2D eigenvalue weighted by molar-refractivity contribution is -0.198. The first-order valence-corrected chi connectivity index (χ1v) is 7.65. The summed E-state index contributed by atoms with van der Waals surface area (Å²) in [7, 11) is 0. The van der Waals surface area contributed by atoms with Crippen LogP contribution in [0.1, 0.15) is 50.7 Å². The van der Waals surface area contributed by atoms with Crippen molar-refractivity contribution >= 4 is 0 Å². The molecule has 19 heavy (non-hydrogen) atoms. The van der Waals surface area contributed by atoms with Crippen LogP contribution in [0, 0.1) is 5.92 Å². The van der Waals surface area contributed by atoms with Crippen LogP contribution in [0.4, 0.5) is 0 Å². The molecule has 2 aliphatic rings. The Morgan fingerprint density at radius 1 is 1.26 bits per heavy atom. The van der Waals surface area contributed by atoms with Gasteiger partial charge in [0, 0.05) is 12.3 Å². The Morgan fingerprint density at radius 3 is 2.79 bits per heavy atom. The van der Waals surface area contributed by atoms with Gasteiger partial charge in [0.1, 0.15) is 0 Å². The molecule has 1 aromatic rings. The summed E-state index contributed by atoms with van der Waals surface area (Å²) in [5.41, 5.74) is 1.81. The standard InChI is InChI=1S/C17H24O2/c1-3-13-11-17(18)14-8-6-5-7-12(14)9-10-15(17)16(4-2)19-13/h5-8,13,15-16,18H,3-4,9-11H2,1-2H3/t13-,15+,16+,17+/m1/s1. The minimum atomic E-state index is -0.672. The van der Waals surface area contributed by atoms with Crippen LogP contribution in [0.25, 0.3) is 0 Å². The first-order valence-electron chi connectivity index (χ1n) is 7.65. The third kappa shape index (κ3) is 2.02. The molecule has 0 bridgehead atoms. The van der Waals surface area contributed by atoms with Crippen LogP contribution in [0.5, 0.6) is 0 Å². The van der Waals surface area contributed by atoms with Crippen LogP contribution in [-0.4, -0.2) is 17.3 Å². The Hall–Kier alpha value is -0.860. The molecule has 0 unspecified atom stereocenters. The molecule has 3 rings (SSSR count). The van der Waals surface area contributed by atoms with E-state index >= 15 is 0 Å². The molecule has 1 aliphatic carbocycles. The molecule has 0 aromatic heterocycles. The van der Waals surface area contributed by atoms with E-state index in [1.165, 1.54) is 5.56 Å². The van der Waals surface area contributed by atoms with E-state index in [-0.39, 0.29) is 18.1 Å². The molecule has 0 saturated carbocycles. The molecule has 1 saturated heterocycles. The SMILES string of the molecule is CC[C@@H]1C[C@]2(O)c3ccccc3CC[C@H]2[C@H](CC)O1. The molecule has 1 aromatic carbocycles. The number of benzene rings is 1. The molecule has 1 fully saturated rings. The van der Waals surface area contributed by atoms with Gasteiger partial charge in [0.05, 0.1) is 17.8 Å². The highest BCUT2D eigenvalue weighted by molar-refractivity contribution is 5.36. The zero-order valence-corrected chi connectivity index (χ0v) is 11.9. The maximum Gasteiger partial charge on any atom is 0.0976 e. The van der Waals surface area contributed by atoms with Crippen LogP contribution in [-0.2, 0) is 16.8 Å². The lowest BCUT2D eigenvalue weighted by atomic mass is 9.65. The second-order valence-corrected chi connectivity index (χ2v) is 6.04. The molecule has 4 atom stereocenters. The van der Waals surface area contributed by atoms with Crippen molar-refractivity contribution < 1.29 is 9.84 Å². The van der Waals surface area contributed by atoms with Crippen LogP contribution >= 0.6 is 0 Å². The summed E-state index contributed by atoms with van der Waals surface area (Å²) in [6.07, 6.45) is 5.23. The molecule has 104 valence electrons. The van der Waals surface area contributed by atoms with Gasteiger partial charge < -0.3 is 9.84 Å². The average Bonchev–Trinajstić information content (AvgIpc) is 2.45. The number of hydrogen-bond donors (Lipinski definition) is 1. The summed E-state index contributed by atoms with van der Waals surface area (Å²) in [4.78, 5) is 0. The van der Waals surface area contributed by atoms with E-state index in [4.69, 9.17) is 4.74 Å². The summed E-state index contributed by atoms with van der Waals surface area (Å²) < 4.78 is 6.17. The third-order valence-corrected chi connectivity index (χ3v) is 5.03. The highest BCUT2D eigenvalue weighted by Gasteiger charge is 2.50. The number of fused-ring (bicyclic) bond motifs is 3. The van der Waals surface area contributed by atoms with Gasteiger partial charge in [-0.2, -0.15) is 0 Å². The summed E-state index contributed by atoms with van der Waals surface area (Å²) in [6, 6.07) is 8.42. The van der Waals surface area contributed by atoms with Crippen LogP contribution in [0.2, 0.25) is 0 Å². The third-order valence-electron chi connectivity index (χ3n) is 5.03. The number of aryl methyl sites for hydroxylation is 1. The second kappa shape index (κ2) is 4.92. The summed E-state index contributed by atoms with van der Waals surface area (Å²) in [5, 5.41) is 11.4. The molecular weight excluding hydrogens is 236 g/mol. The van der Waals surface area contributed by atoms with Gasteiger partial charge in [0.2, 0.25) is 0 Å². The molecular formula is C17H24O2. The Morgan fingerprint density at radius 2 is 2.05 bits per heavy atom. The Bertz CT molecular complexity index is 456. The molecule has 1 heterocycles. The number of rotatable bonds is 2. The van der Waals surface area contributed by atoms with Crippen LogP contribution in [0.3, 0.4) is 0 Å². The second-order valence-electron chi connectivity index (χ2n) is 6.04. The first-order chi connectivity index (χ1) is 9.19. The molecule has 2 nitrogen and oxygen atoms in total. The van der Waals surface area contributed by atoms with E-state index in [1.807, 2.05) is 0 Å². The van der Waals surface area contributed by atoms with Gasteiger partial charge in [-0.05, 0) is 36.8 Å². The van der Waals surface area contributed by atoms with Crippen molar-refractivity contribution in [2.24, 2.45) is 5.92 Å². The normalized spacial score (nSPS) is 37.5. The molecule has 2 heteroatoms. The van der Waals surface area contributed by atoms with Crippen molar-refractivity contribution in [2.75, 3.05) is 0 Å². The van der Waals surface area contributed by atoms with Gasteiger partial charge >= 0.3 is 0 Å². The van der Waals surface area contributed by atoms with Gasteiger partial charge in [-0.25, -0.2) is 0 Å². The highest BCUT2D eigenvalue weighted by atomic mass is 16.5. The van der Waals surface area contributed by atoms with Gasteiger partial charge in [-0.3, -0.25) is 0 Å².